The second kappa shape index (κ2) is 4.84. The van der Waals surface area contributed by atoms with Gasteiger partial charge in [-0.3, -0.25) is 9.59 Å². The highest BCUT2D eigenvalue weighted by molar-refractivity contribution is 6.50. The van der Waals surface area contributed by atoms with Gasteiger partial charge in [-0.2, -0.15) is 0 Å². The van der Waals surface area contributed by atoms with Crippen LogP contribution in [0.3, 0.4) is 0 Å². The van der Waals surface area contributed by atoms with Crippen molar-refractivity contribution in [2.45, 2.75) is 6.92 Å². The molecule has 0 unspecified atom stereocenters. The molecule has 0 atom stereocenters. The van der Waals surface area contributed by atoms with Gasteiger partial charge >= 0.3 is 0 Å². The summed E-state index contributed by atoms with van der Waals surface area (Å²) in [5.74, 6) is -1.10. The lowest BCUT2D eigenvalue weighted by molar-refractivity contribution is 0.0817. The zero-order chi connectivity index (χ0) is 13.1. The van der Waals surface area contributed by atoms with Gasteiger partial charge in [-0.05, 0) is 18.6 Å². The molecular weight excluding hydrogens is 226 g/mol. The van der Waals surface area contributed by atoms with Crippen LogP contribution in [0.5, 0.6) is 0 Å². The van der Waals surface area contributed by atoms with Crippen molar-refractivity contribution in [3.05, 3.63) is 65.2 Å². The molecule has 90 valence electrons. The maximum Gasteiger partial charge on any atom is 0.235 e. The molecular formula is C15H13NO2. The van der Waals surface area contributed by atoms with Gasteiger partial charge in [0.2, 0.25) is 11.6 Å². The van der Waals surface area contributed by atoms with Crippen LogP contribution in [0.1, 0.15) is 26.3 Å². The fraction of sp³-hybridized carbons (Fsp3) is 0.0667. The fourth-order valence-electron chi connectivity index (χ4n) is 1.72. The Morgan fingerprint density at radius 2 is 1.56 bits per heavy atom. The van der Waals surface area contributed by atoms with Crippen molar-refractivity contribution in [3.63, 3.8) is 0 Å². The molecule has 0 heterocycles. The van der Waals surface area contributed by atoms with Gasteiger partial charge in [-0.25, -0.2) is 0 Å². The lowest BCUT2D eigenvalue weighted by Crippen LogP contribution is -2.16. The van der Waals surface area contributed by atoms with Crippen LogP contribution in [-0.4, -0.2) is 11.6 Å². The Morgan fingerprint density at radius 1 is 0.889 bits per heavy atom. The molecule has 0 spiro atoms. The predicted octanol–water partition coefficient (Wildman–Crippen LogP) is 2.64. The van der Waals surface area contributed by atoms with Gasteiger partial charge in [-0.15, -0.1) is 0 Å². The summed E-state index contributed by atoms with van der Waals surface area (Å²) in [5, 5.41) is 0. The Labute approximate surface area is 105 Å². The lowest BCUT2D eigenvalue weighted by Gasteiger charge is -2.06. The molecule has 0 aliphatic rings. The number of ketones is 2. The van der Waals surface area contributed by atoms with E-state index in [-0.39, 0.29) is 5.56 Å². The van der Waals surface area contributed by atoms with Crippen LogP contribution in [0, 0.1) is 6.92 Å². The Hall–Kier alpha value is -2.42. The molecule has 2 aromatic rings. The van der Waals surface area contributed by atoms with E-state index in [4.69, 9.17) is 5.73 Å². The number of aryl methyl sites for hydroxylation is 1. The molecule has 2 rings (SSSR count). The van der Waals surface area contributed by atoms with Crippen molar-refractivity contribution < 1.29 is 9.59 Å². The van der Waals surface area contributed by atoms with Gasteiger partial charge in [0.15, 0.2) is 0 Å². The third-order valence-electron chi connectivity index (χ3n) is 2.81. The van der Waals surface area contributed by atoms with Crippen molar-refractivity contribution in [2.75, 3.05) is 5.73 Å². The summed E-state index contributed by atoms with van der Waals surface area (Å²) in [7, 11) is 0. The largest absolute Gasteiger partial charge is 0.398 e. The van der Waals surface area contributed by atoms with Gasteiger partial charge < -0.3 is 5.73 Å². The van der Waals surface area contributed by atoms with E-state index in [9.17, 15) is 9.59 Å². The van der Waals surface area contributed by atoms with Crippen molar-refractivity contribution in [2.24, 2.45) is 0 Å². The van der Waals surface area contributed by atoms with E-state index in [1.807, 2.05) is 0 Å². The first-order valence-corrected chi connectivity index (χ1v) is 5.60. The fourth-order valence-corrected chi connectivity index (χ4v) is 1.72. The van der Waals surface area contributed by atoms with Crippen LogP contribution in [0.25, 0.3) is 0 Å². The zero-order valence-corrected chi connectivity index (χ0v) is 10.0. The Bertz CT molecular complexity index is 603. The van der Waals surface area contributed by atoms with E-state index in [0.717, 1.165) is 5.56 Å². The topological polar surface area (TPSA) is 60.2 Å². The third-order valence-corrected chi connectivity index (χ3v) is 2.81. The Balaban J connectivity index is 2.38. The monoisotopic (exact) mass is 239 g/mol. The summed E-state index contributed by atoms with van der Waals surface area (Å²) in [6.45, 7) is 1.80. The normalized spacial score (nSPS) is 10.1. The second-order valence-electron chi connectivity index (χ2n) is 4.06. The average Bonchev–Trinajstić information content (AvgIpc) is 2.41. The number of carbonyl (C=O) groups excluding carboxylic acids is 2. The minimum absolute atomic E-state index is 0.267. The van der Waals surface area contributed by atoms with E-state index >= 15 is 0 Å². The molecule has 0 bridgehead atoms. The molecule has 0 radical (unpaired) electrons. The molecule has 0 aromatic heterocycles. The SMILES string of the molecule is Cc1cccc(C(=O)C(=O)c2ccccc2)c1N. The average molecular weight is 239 g/mol. The van der Waals surface area contributed by atoms with Crippen LogP contribution >= 0.6 is 0 Å². The maximum absolute atomic E-state index is 12.1. The molecule has 2 N–H and O–H groups in total. The predicted molar refractivity (Wildman–Crippen MR) is 70.7 cm³/mol. The van der Waals surface area contributed by atoms with E-state index in [2.05, 4.69) is 0 Å². The van der Waals surface area contributed by atoms with Crippen LogP contribution in [0.4, 0.5) is 5.69 Å². The number of hydrogen-bond donors (Lipinski definition) is 1. The molecule has 0 saturated carbocycles. The van der Waals surface area contributed by atoms with Crippen molar-refractivity contribution >= 4 is 17.3 Å². The minimum atomic E-state index is -0.567. The molecule has 2 aromatic carbocycles. The second-order valence-corrected chi connectivity index (χ2v) is 4.06. The van der Waals surface area contributed by atoms with Gasteiger partial charge in [0.1, 0.15) is 0 Å². The summed E-state index contributed by atoms with van der Waals surface area (Å²) in [4.78, 5) is 24.1. The van der Waals surface area contributed by atoms with Crippen LogP contribution < -0.4 is 5.73 Å². The van der Waals surface area contributed by atoms with Crippen molar-refractivity contribution in [1.29, 1.82) is 0 Å². The molecule has 3 heteroatoms. The minimum Gasteiger partial charge on any atom is -0.398 e. The highest BCUT2D eigenvalue weighted by Gasteiger charge is 2.20. The number of rotatable bonds is 3. The molecule has 18 heavy (non-hydrogen) atoms. The summed E-state index contributed by atoms with van der Waals surface area (Å²) in [5.41, 5.74) is 7.63. The number of nitrogen functional groups attached to an aromatic ring is 1. The third kappa shape index (κ3) is 2.15. The summed E-state index contributed by atoms with van der Waals surface area (Å²) in [6.07, 6.45) is 0. The number of carbonyl (C=O) groups is 2. The maximum atomic E-state index is 12.1. The van der Waals surface area contributed by atoms with Gasteiger partial charge in [0.25, 0.3) is 0 Å². The molecule has 0 aliphatic heterocycles. The number of para-hydroxylation sites is 1. The van der Waals surface area contributed by atoms with Crippen LogP contribution in [0.15, 0.2) is 48.5 Å². The van der Waals surface area contributed by atoms with Gasteiger partial charge in [0.05, 0.1) is 0 Å². The summed E-state index contributed by atoms with van der Waals surface area (Å²) in [6, 6.07) is 13.6. The van der Waals surface area contributed by atoms with E-state index < -0.39 is 11.6 Å². The molecule has 0 amide bonds. The highest BCUT2D eigenvalue weighted by Crippen LogP contribution is 2.18. The van der Waals surface area contributed by atoms with Crippen molar-refractivity contribution in [1.82, 2.24) is 0 Å². The van der Waals surface area contributed by atoms with E-state index in [1.165, 1.54) is 0 Å². The number of hydrogen-bond acceptors (Lipinski definition) is 3. The first kappa shape index (κ1) is 12.0. The molecule has 3 nitrogen and oxygen atoms in total. The van der Waals surface area contributed by atoms with Gasteiger partial charge in [0, 0.05) is 16.8 Å². The molecule has 0 fully saturated rings. The molecule has 0 saturated heterocycles. The smallest absolute Gasteiger partial charge is 0.235 e. The number of benzene rings is 2. The number of Topliss-reactive ketones (excluding diaryl/α,β-unsaturated/α-hetero) is 2. The zero-order valence-electron chi connectivity index (χ0n) is 10.0. The first-order valence-electron chi connectivity index (χ1n) is 5.60. The van der Waals surface area contributed by atoms with Crippen molar-refractivity contribution in [3.8, 4) is 0 Å². The van der Waals surface area contributed by atoms with Crippen LogP contribution in [-0.2, 0) is 0 Å². The quantitative estimate of drug-likeness (QED) is 0.509. The Kier molecular flexibility index (Phi) is 3.24. The van der Waals surface area contributed by atoms with E-state index in [1.54, 1.807) is 55.5 Å². The summed E-state index contributed by atoms with van der Waals surface area (Å²) < 4.78 is 0. The first-order chi connectivity index (χ1) is 8.61. The Morgan fingerprint density at radius 3 is 2.22 bits per heavy atom. The molecule has 0 aliphatic carbocycles. The highest BCUT2D eigenvalue weighted by atomic mass is 16.2. The standard InChI is InChI=1S/C15H13NO2/c1-10-6-5-9-12(13(10)16)15(18)14(17)11-7-3-2-4-8-11/h2-9H,16H2,1H3. The van der Waals surface area contributed by atoms with E-state index in [0.29, 0.717) is 11.3 Å². The lowest BCUT2D eigenvalue weighted by atomic mass is 9.98. The number of nitrogens with two attached hydrogens (primary N) is 1. The van der Waals surface area contributed by atoms with Crippen LogP contribution in [0.2, 0.25) is 0 Å². The number of anilines is 1. The summed E-state index contributed by atoms with van der Waals surface area (Å²) >= 11 is 0. The van der Waals surface area contributed by atoms with Gasteiger partial charge in [-0.1, -0.05) is 42.5 Å².